The van der Waals surface area contributed by atoms with E-state index >= 15 is 0 Å². The van der Waals surface area contributed by atoms with Crippen LogP contribution in [0.4, 0.5) is 13.2 Å². The first-order valence-corrected chi connectivity index (χ1v) is 4.21. The summed E-state index contributed by atoms with van der Waals surface area (Å²) in [4.78, 5) is 13.8. The van der Waals surface area contributed by atoms with Crippen LogP contribution < -0.4 is 0 Å². The molecular weight excluding hydrogens is 298 g/mol. The maximum absolute atomic E-state index is 12.2. The van der Waals surface area contributed by atoms with Crippen molar-refractivity contribution in [1.82, 2.24) is 4.98 Å². The van der Waals surface area contributed by atoms with Crippen LogP contribution in [-0.4, -0.2) is 11.3 Å². The largest absolute Gasteiger partial charge is 0.417 e. The van der Waals surface area contributed by atoms with E-state index in [1.165, 1.54) is 22.6 Å². The van der Waals surface area contributed by atoms with Gasteiger partial charge in [-0.05, 0) is 28.7 Å². The quantitative estimate of drug-likeness (QED) is 0.589. The van der Waals surface area contributed by atoms with Crippen molar-refractivity contribution in [2.45, 2.75) is 6.18 Å². The Bertz CT molecular complexity index is 337. The van der Waals surface area contributed by atoms with Gasteiger partial charge in [0.15, 0.2) is 6.29 Å². The first-order valence-electron chi connectivity index (χ1n) is 3.13. The fourth-order valence-corrected chi connectivity index (χ4v) is 1.51. The molecule has 1 heterocycles. The first-order chi connectivity index (χ1) is 5.96. The van der Waals surface area contributed by atoms with E-state index in [0.717, 1.165) is 12.3 Å². The average molecular weight is 301 g/mol. The van der Waals surface area contributed by atoms with E-state index in [4.69, 9.17) is 0 Å². The number of hydrogen-bond donors (Lipinski definition) is 0. The summed E-state index contributed by atoms with van der Waals surface area (Å²) in [6, 6.07) is 0.842. The SMILES string of the molecule is O=Cc1nccc(C(F)(F)F)c1I. The Morgan fingerprint density at radius 1 is 1.46 bits per heavy atom. The zero-order chi connectivity index (χ0) is 10.1. The van der Waals surface area contributed by atoms with E-state index in [1.54, 1.807) is 0 Å². The van der Waals surface area contributed by atoms with Crippen LogP contribution >= 0.6 is 22.6 Å². The first kappa shape index (κ1) is 10.4. The molecule has 0 radical (unpaired) electrons. The number of hydrogen-bond acceptors (Lipinski definition) is 2. The van der Waals surface area contributed by atoms with Crippen LogP contribution in [0.5, 0.6) is 0 Å². The Hall–Kier alpha value is -0.660. The molecule has 0 aliphatic rings. The van der Waals surface area contributed by atoms with Crippen molar-refractivity contribution in [3.63, 3.8) is 0 Å². The highest BCUT2D eigenvalue weighted by Crippen LogP contribution is 2.32. The molecule has 0 aliphatic heterocycles. The number of aldehydes is 1. The minimum Gasteiger partial charge on any atom is -0.296 e. The summed E-state index contributed by atoms with van der Waals surface area (Å²) >= 11 is 1.45. The predicted molar refractivity (Wildman–Crippen MR) is 47.3 cm³/mol. The van der Waals surface area contributed by atoms with Gasteiger partial charge in [-0.15, -0.1) is 0 Å². The zero-order valence-corrected chi connectivity index (χ0v) is 8.26. The highest BCUT2D eigenvalue weighted by atomic mass is 127. The van der Waals surface area contributed by atoms with Crippen molar-refractivity contribution in [3.8, 4) is 0 Å². The molecule has 0 spiro atoms. The van der Waals surface area contributed by atoms with Gasteiger partial charge < -0.3 is 0 Å². The second-order valence-electron chi connectivity index (χ2n) is 2.17. The number of alkyl halides is 3. The Kier molecular flexibility index (Phi) is 2.89. The van der Waals surface area contributed by atoms with Crippen LogP contribution in [-0.2, 0) is 6.18 Å². The van der Waals surface area contributed by atoms with Crippen LogP contribution in [0.1, 0.15) is 16.1 Å². The summed E-state index contributed by atoms with van der Waals surface area (Å²) in [6.45, 7) is 0. The van der Waals surface area contributed by atoms with Gasteiger partial charge in [-0.1, -0.05) is 0 Å². The minimum atomic E-state index is -4.43. The maximum Gasteiger partial charge on any atom is 0.417 e. The molecule has 70 valence electrons. The fourth-order valence-electron chi connectivity index (χ4n) is 0.761. The highest BCUT2D eigenvalue weighted by molar-refractivity contribution is 14.1. The van der Waals surface area contributed by atoms with Gasteiger partial charge in [0.05, 0.1) is 9.13 Å². The van der Waals surface area contributed by atoms with E-state index < -0.39 is 11.7 Å². The van der Waals surface area contributed by atoms with Crippen LogP contribution in [0, 0.1) is 3.57 Å². The Morgan fingerprint density at radius 3 is 2.54 bits per heavy atom. The van der Waals surface area contributed by atoms with Gasteiger partial charge in [0.2, 0.25) is 0 Å². The van der Waals surface area contributed by atoms with Crippen molar-refractivity contribution >= 4 is 28.9 Å². The minimum absolute atomic E-state index is 0.164. The number of halogens is 4. The normalized spacial score (nSPS) is 11.4. The molecule has 1 aromatic heterocycles. The lowest BCUT2D eigenvalue weighted by atomic mass is 10.2. The molecular formula is C7H3F3INO. The van der Waals surface area contributed by atoms with Crippen LogP contribution in [0.3, 0.4) is 0 Å². The summed E-state index contributed by atoms with van der Waals surface area (Å²) in [6.07, 6.45) is -3.16. The smallest absolute Gasteiger partial charge is 0.296 e. The molecule has 0 N–H and O–H groups in total. The molecule has 1 aromatic rings. The highest BCUT2D eigenvalue weighted by Gasteiger charge is 2.33. The number of carbonyl (C=O) groups excluding carboxylic acids is 1. The summed E-state index contributed by atoms with van der Waals surface area (Å²) in [7, 11) is 0. The second-order valence-corrected chi connectivity index (χ2v) is 3.25. The average Bonchev–Trinajstić information content (AvgIpc) is 2.02. The standard InChI is InChI=1S/C7H3F3INO/c8-7(9,10)4-1-2-12-5(3-13)6(4)11/h1-3H. The van der Waals surface area contributed by atoms with Gasteiger partial charge in [-0.2, -0.15) is 13.2 Å². The molecule has 0 bridgehead atoms. The number of nitrogens with zero attached hydrogens (tertiary/aromatic N) is 1. The number of aromatic nitrogens is 1. The van der Waals surface area contributed by atoms with Crippen molar-refractivity contribution in [1.29, 1.82) is 0 Å². The lowest BCUT2D eigenvalue weighted by Crippen LogP contribution is -2.10. The van der Waals surface area contributed by atoms with Gasteiger partial charge in [0.1, 0.15) is 5.69 Å². The van der Waals surface area contributed by atoms with E-state index in [2.05, 4.69) is 4.98 Å². The molecule has 0 fully saturated rings. The summed E-state index contributed by atoms with van der Waals surface area (Å²) < 4.78 is 36.5. The number of pyridine rings is 1. The van der Waals surface area contributed by atoms with Gasteiger partial charge in [-0.3, -0.25) is 9.78 Å². The van der Waals surface area contributed by atoms with Crippen LogP contribution in [0.2, 0.25) is 0 Å². The Morgan fingerprint density at radius 2 is 2.08 bits per heavy atom. The molecule has 0 atom stereocenters. The van der Waals surface area contributed by atoms with Gasteiger partial charge in [0, 0.05) is 6.20 Å². The topological polar surface area (TPSA) is 30.0 Å². The zero-order valence-electron chi connectivity index (χ0n) is 6.10. The van der Waals surface area contributed by atoms with Gasteiger partial charge >= 0.3 is 6.18 Å². The van der Waals surface area contributed by atoms with Crippen molar-refractivity contribution in [2.75, 3.05) is 0 Å². The third kappa shape index (κ3) is 2.17. The summed E-state index contributed by atoms with van der Waals surface area (Å²) in [5.41, 5.74) is -1.01. The molecule has 0 saturated heterocycles. The monoisotopic (exact) mass is 301 g/mol. The molecule has 1 rings (SSSR count). The van der Waals surface area contributed by atoms with Crippen molar-refractivity contribution in [2.24, 2.45) is 0 Å². The summed E-state index contributed by atoms with van der Waals surface area (Å²) in [5, 5.41) is 0. The number of carbonyl (C=O) groups is 1. The van der Waals surface area contributed by atoms with Crippen LogP contribution in [0.25, 0.3) is 0 Å². The maximum atomic E-state index is 12.2. The molecule has 6 heteroatoms. The molecule has 0 amide bonds. The van der Waals surface area contributed by atoms with E-state index in [1.807, 2.05) is 0 Å². The van der Waals surface area contributed by atoms with Crippen molar-refractivity contribution < 1.29 is 18.0 Å². The van der Waals surface area contributed by atoms with Crippen molar-refractivity contribution in [3.05, 3.63) is 27.1 Å². The van der Waals surface area contributed by atoms with E-state index in [9.17, 15) is 18.0 Å². The van der Waals surface area contributed by atoms with E-state index in [0.29, 0.717) is 6.29 Å². The summed E-state index contributed by atoms with van der Waals surface area (Å²) in [5.74, 6) is 0. The van der Waals surface area contributed by atoms with E-state index in [-0.39, 0.29) is 9.26 Å². The molecule has 0 unspecified atom stereocenters. The lowest BCUT2D eigenvalue weighted by Gasteiger charge is -2.08. The molecule has 0 aliphatic carbocycles. The Labute approximate surface area is 85.3 Å². The molecule has 0 aromatic carbocycles. The molecule has 13 heavy (non-hydrogen) atoms. The van der Waals surface area contributed by atoms with Gasteiger partial charge in [0.25, 0.3) is 0 Å². The fraction of sp³-hybridized carbons (Fsp3) is 0.143. The molecule has 2 nitrogen and oxygen atoms in total. The third-order valence-corrected chi connectivity index (χ3v) is 2.47. The second kappa shape index (κ2) is 3.60. The lowest BCUT2D eigenvalue weighted by molar-refractivity contribution is -0.138. The third-order valence-electron chi connectivity index (χ3n) is 1.33. The van der Waals surface area contributed by atoms with Crippen LogP contribution in [0.15, 0.2) is 12.3 Å². The Balaban J connectivity index is 3.32. The molecule has 0 saturated carbocycles. The number of rotatable bonds is 1. The predicted octanol–water partition coefficient (Wildman–Crippen LogP) is 2.52. The van der Waals surface area contributed by atoms with Gasteiger partial charge in [-0.25, -0.2) is 0 Å².